The van der Waals surface area contributed by atoms with Crippen molar-refractivity contribution < 1.29 is 0 Å². The number of hydrogen-bond donors (Lipinski definition) is 3. The number of hydrogen-bond acceptors (Lipinski definition) is 3. The summed E-state index contributed by atoms with van der Waals surface area (Å²) in [7, 11) is 0. The van der Waals surface area contributed by atoms with E-state index in [1.807, 2.05) is 19.2 Å². The third kappa shape index (κ3) is 1.69. The molecule has 3 nitrogen and oxygen atoms in total. The second-order valence-electron chi connectivity index (χ2n) is 2.49. The van der Waals surface area contributed by atoms with Gasteiger partial charge in [-0.3, -0.25) is 0 Å². The monoisotopic (exact) mass is 163 g/mol. The zero-order valence-electron chi connectivity index (χ0n) is 7.09. The fourth-order valence-electron chi connectivity index (χ4n) is 0.967. The van der Waals surface area contributed by atoms with E-state index < -0.39 is 0 Å². The predicted molar refractivity (Wildman–Crippen MR) is 50.6 cm³/mol. The minimum absolute atomic E-state index is 0.870. The first kappa shape index (κ1) is 8.46. The van der Waals surface area contributed by atoms with Gasteiger partial charge in [0, 0.05) is 18.1 Å². The van der Waals surface area contributed by atoms with Gasteiger partial charge in [-0.25, -0.2) is 0 Å². The van der Waals surface area contributed by atoms with Crippen LogP contribution in [0.5, 0.6) is 0 Å². The van der Waals surface area contributed by atoms with Crippen LogP contribution < -0.4 is 16.4 Å². The lowest BCUT2D eigenvalue weighted by atomic mass is 10.2. The number of allylic oxidation sites excluding steroid dienone is 3. The van der Waals surface area contributed by atoms with Crippen molar-refractivity contribution in [3.8, 4) is 0 Å². The molecule has 0 aliphatic carbocycles. The second-order valence-corrected chi connectivity index (χ2v) is 2.49. The summed E-state index contributed by atoms with van der Waals surface area (Å²) in [5.41, 5.74) is 8.25. The van der Waals surface area contributed by atoms with E-state index >= 15 is 0 Å². The maximum Gasteiger partial charge on any atom is 0.0778 e. The highest BCUT2D eigenvalue weighted by molar-refractivity contribution is 5.36. The van der Waals surface area contributed by atoms with E-state index in [1.54, 1.807) is 6.08 Å². The Morgan fingerprint density at radius 1 is 1.50 bits per heavy atom. The normalized spacial score (nSPS) is 22.9. The molecule has 0 amide bonds. The van der Waals surface area contributed by atoms with Crippen molar-refractivity contribution in [3.05, 3.63) is 48.2 Å². The summed E-state index contributed by atoms with van der Waals surface area (Å²) in [6.45, 7) is 5.57. The molecule has 0 aromatic heterocycles. The summed E-state index contributed by atoms with van der Waals surface area (Å²) in [5.74, 6) is 0. The maximum absolute atomic E-state index is 5.42. The van der Waals surface area contributed by atoms with E-state index in [0.29, 0.717) is 0 Å². The third-order valence-electron chi connectivity index (χ3n) is 1.52. The summed E-state index contributed by atoms with van der Waals surface area (Å²) in [5, 5.41) is 6.21. The number of nitrogens with one attached hydrogen (secondary N) is 2. The SMILES string of the molecule is C=C/C=C1/NC=C(C)N/C1=C/N. The molecule has 0 spiro atoms. The molecule has 1 heterocycles. The summed E-state index contributed by atoms with van der Waals surface area (Å²) in [4.78, 5) is 0. The molecule has 1 aliphatic rings. The van der Waals surface area contributed by atoms with Gasteiger partial charge in [0.25, 0.3) is 0 Å². The molecule has 64 valence electrons. The molecule has 0 fully saturated rings. The Morgan fingerprint density at radius 2 is 2.25 bits per heavy atom. The van der Waals surface area contributed by atoms with E-state index in [-0.39, 0.29) is 0 Å². The molecule has 4 N–H and O–H groups in total. The van der Waals surface area contributed by atoms with Crippen LogP contribution >= 0.6 is 0 Å². The maximum atomic E-state index is 5.42. The smallest absolute Gasteiger partial charge is 0.0778 e. The van der Waals surface area contributed by atoms with Crippen molar-refractivity contribution >= 4 is 0 Å². The average molecular weight is 163 g/mol. The molecule has 0 atom stereocenters. The molecule has 12 heavy (non-hydrogen) atoms. The Kier molecular flexibility index (Phi) is 2.58. The lowest BCUT2D eigenvalue weighted by Crippen LogP contribution is -2.26. The Morgan fingerprint density at radius 3 is 2.83 bits per heavy atom. The highest BCUT2D eigenvalue weighted by atomic mass is 15.0. The highest BCUT2D eigenvalue weighted by Gasteiger charge is 2.07. The van der Waals surface area contributed by atoms with Crippen molar-refractivity contribution in [2.75, 3.05) is 0 Å². The minimum Gasteiger partial charge on any atom is -0.403 e. The molecule has 0 unspecified atom stereocenters. The predicted octanol–water partition coefficient (Wildman–Crippen LogP) is 0.910. The van der Waals surface area contributed by atoms with E-state index in [1.165, 1.54) is 6.20 Å². The molecule has 0 radical (unpaired) electrons. The molecular formula is C9H13N3. The van der Waals surface area contributed by atoms with Crippen LogP contribution in [-0.4, -0.2) is 0 Å². The van der Waals surface area contributed by atoms with Crippen LogP contribution in [-0.2, 0) is 0 Å². The van der Waals surface area contributed by atoms with Gasteiger partial charge >= 0.3 is 0 Å². The van der Waals surface area contributed by atoms with Crippen LogP contribution in [0.3, 0.4) is 0 Å². The van der Waals surface area contributed by atoms with Gasteiger partial charge in [-0.05, 0) is 13.0 Å². The summed E-state index contributed by atoms with van der Waals surface area (Å²) >= 11 is 0. The van der Waals surface area contributed by atoms with Crippen molar-refractivity contribution in [3.63, 3.8) is 0 Å². The fraction of sp³-hybridized carbons (Fsp3) is 0.111. The van der Waals surface area contributed by atoms with Gasteiger partial charge < -0.3 is 16.4 Å². The molecule has 0 saturated heterocycles. The van der Waals surface area contributed by atoms with Gasteiger partial charge in [-0.1, -0.05) is 12.7 Å². The highest BCUT2D eigenvalue weighted by Crippen LogP contribution is 2.09. The van der Waals surface area contributed by atoms with E-state index in [9.17, 15) is 0 Å². The van der Waals surface area contributed by atoms with Gasteiger partial charge in [-0.15, -0.1) is 0 Å². The number of nitrogens with two attached hydrogens (primary N) is 1. The average Bonchev–Trinajstić information content (AvgIpc) is 2.08. The topological polar surface area (TPSA) is 50.1 Å². The van der Waals surface area contributed by atoms with Crippen LogP contribution in [0.2, 0.25) is 0 Å². The molecular weight excluding hydrogens is 150 g/mol. The van der Waals surface area contributed by atoms with Gasteiger partial charge in [-0.2, -0.15) is 0 Å². The van der Waals surface area contributed by atoms with E-state index in [0.717, 1.165) is 17.1 Å². The van der Waals surface area contributed by atoms with Crippen molar-refractivity contribution in [1.29, 1.82) is 0 Å². The minimum atomic E-state index is 0.870. The zero-order valence-corrected chi connectivity index (χ0v) is 7.09. The van der Waals surface area contributed by atoms with E-state index in [2.05, 4.69) is 17.2 Å². The molecule has 3 heteroatoms. The largest absolute Gasteiger partial charge is 0.403 e. The van der Waals surface area contributed by atoms with Crippen molar-refractivity contribution in [2.45, 2.75) is 6.92 Å². The van der Waals surface area contributed by atoms with Gasteiger partial charge in [0.1, 0.15) is 0 Å². The molecule has 0 aromatic rings. The number of rotatable bonds is 1. The lowest BCUT2D eigenvalue weighted by molar-refractivity contribution is 0.851. The molecule has 0 aromatic carbocycles. The Labute approximate surface area is 72.3 Å². The van der Waals surface area contributed by atoms with E-state index in [4.69, 9.17) is 5.73 Å². The lowest BCUT2D eigenvalue weighted by Gasteiger charge is -2.19. The fourth-order valence-corrected chi connectivity index (χ4v) is 0.967. The van der Waals surface area contributed by atoms with Crippen molar-refractivity contribution in [2.24, 2.45) is 5.73 Å². The molecule has 0 bridgehead atoms. The van der Waals surface area contributed by atoms with Gasteiger partial charge in [0.15, 0.2) is 0 Å². The zero-order chi connectivity index (χ0) is 8.97. The standard InChI is InChI=1S/C9H13N3/c1-3-4-8-9(5-10)12-7(2)6-11-8/h3-6,11-12H,1,10H2,2H3/b8-4+,9-5+. The first-order chi connectivity index (χ1) is 5.77. The summed E-state index contributed by atoms with van der Waals surface area (Å²) in [6, 6.07) is 0. The molecule has 0 saturated carbocycles. The quantitative estimate of drug-likeness (QED) is 0.538. The van der Waals surface area contributed by atoms with Gasteiger partial charge in [0.2, 0.25) is 0 Å². The second kappa shape index (κ2) is 3.67. The first-order valence-electron chi connectivity index (χ1n) is 3.73. The third-order valence-corrected chi connectivity index (χ3v) is 1.52. The van der Waals surface area contributed by atoms with Crippen LogP contribution in [0, 0.1) is 0 Å². The molecule has 1 rings (SSSR count). The Bertz CT molecular complexity index is 271. The summed E-state index contributed by atoms with van der Waals surface area (Å²) < 4.78 is 0. The van der Waals surface area contributed by atoms with Crippen LogP contribution in [0.1, 0.15) is 6.92 Å². The summed E-state index contributed by atoms with van der Waals surface area (Å²) in [6.07, 6.45) is 6.97. The van der Waals surface area contributed by atoms with Crippen LogP contribution in [0.15, 0.2) is 48.2 Å². The Balaban J connectivity index is 2.91. The Hall–Kier alpha value is -1.64. The van der Waals surface area contributed by atoms with Gasteiger partial charge in [0.05, 0.1) is 11.4 Å². The first-order valence-corrected chi connectivity index (χ1v) is 3.73. The van der Waals surface area contributed by atoms with Crippen LogP contribution in [0.25, 0.3) is 0 Å². The van der Waals surface area contributed by atoms with Crippen molar-refractivity contribution in [1.82, 2.24) is 10.6 Å². The molecule has 1 aliphatic heterocycles. The van der Waals surface area contributed by atoms with Crippen LogP contribution in [0.4, 0.5) is 0 Å².